The summed E-state index contributed by atoms with van der Waals surface area (Å²) in [5.41, 5.74) is 12.2. The molecule has 0 amide bonds. The molecule has 0 saturated heterocycles. The minimum absolute atomic E-state index is 0.173. The highest BCUT2D eigenvalue weighted by Crippen LogP contribution is 2.53. The SMILES string of the molecule is Cc1cc(C(C)C)c2op(Oc3c(-c4cc(C(C)(C)C)cc(C(C)(C)C)c4OC(=O)OC(C)(C)C)cc(C(C)(C)C)cc3C(C)(C)C)oc3c(C(C)C)cc(C)c(C)c3c2c1C. The topological polar surface area (TPSA) is 71.0 Å². The normalized spacial score (nSPS) is 13.1. The van der Waals surface area contributed by atoms with Crippen molar-refractivity contribution >= 4 is 36.3 Å². The van der Waals surface area contributed by atoms with Gasteiger partial charge in [0.25, 0.3) is 0 Å². The Labute approximate surface area is 375 Å². The van der Waals surface area contributed by atoms with Crippen LogP contribution in [0.1, 0.15) is 199 Å². The molecule has 0 aliphatic rings. The molecule has 6 nitrogen and oxygen atoms in total. The molecule has 0 atom stereocenters. The molecule has 338 valence electrons. The summed E-state index contributed by atoms with van der Waals surface area (Å²) in [4.78, 5) is 13.9. The fraction of sp³-hybridized carbons (Fsp3) is 0.545. The highest BCUT2D eigenvalue weighted by atomic mass is 31.1. The van der Waals surface area contributed by atoms with Crippen LogP contribution < -0.4 is 9.26 Å². The summed E-state index contributed by atoms with van der Waals surface area (Å²) < 4.78 is 34.4. The average molecular weight is 865 g/mol. The van der Waals surface area contributed by atoms with Crippen molar-refractivity contribution in [3.8, 4) is 22.6 Å². The molecule has 5 aromatic rings. The van der Waals surface area contributed by atoms with Crippen LogP contribution >= 0.6 is 8.24 Å². The first-order valence-electron chi connectivity index (χ1n) is 22.5. The van der Waals surface area contributed by atoms with Gasteiger partial charge in [0, 0.05) is 33.0 Å². The average Bonchev–Trinajstić information content (AvgIpc) is 3.26. The van der Waals surface area contributed by atoms with Gasteiger partial charge < -0.3 is 22.4 Å². The second-order valence-electron chi connectivity index (χ2n) is 23.4. The van der Waals surface area contributed by atoms with Gasteiger partial charge >= 0.3 is 14.4 Å². The molecule has 62 heavy (non-hydrogen) atoms. The van der Waals surface area contributed by atoms with Crippen molar-refractivity contribution in [2.45, 2.75) is 198 Å². The van der Waals surface area contributed by atoms with Crippen molar-refractivity contribution in [2.75, 3.05) is 0 Å². The Morgan fingerprint density at radius 3 is 1.24 bits per heavy atom. The van der Waals surface area contributed by atoms with Gasteiger partial charge in [-0.15, -0.1) is 0 Å². The van der Waals surface area contributed by atoms with Crippen LogP contribution in [0.15, 0.2) is 44.8 Å². The first-order chi connectivity index (χ1) is 28.1. The Hall–Kier alpha value is -4.15. The van der Waals surface area contributed by atoms with Crippen LogP contribution in [-0.2, 0) is 26.4 Å². The van der Waals surface area contributed by atoms with Crippen molar-refractivity contribution in [1.29, 1.82) is 0 Å². The van der Waals surface area contributed by atoms with E-state index in [1.54, 1.807) is 0 Å². The van der Waals surface area contributed by atoms with Gasteiger partial charge in [-0.2, -0.15) is 0 Å². The summed E-state index contributed by atoms with van der Waals surface area (Å²) >= 11 is 0. The molecule has 0 aliphatic heterocycles. The lowest BCUT2D eigenvalue weighted by Crippen LogP contribution is -2.27. The maximum Gasteiger partial charge on any atom is 0.514 e. The summed E-state index contributed by atoms with van der Waals surface area (Å²) in [6, 6.07) is 13.4. The zero-order valence-electron chi connectivity index (χ0n) is 42.5. The zero-order valence-corrected chi connectivity index (χ0v) is 43.4. The fourth-order valence-electron chi connectivity index (χ4n) is 7.97. The van der Waals surface area contributed by atoms with Crippen LogP contribution in [0, 0.1) is 27.7 Å². The van der Waals surface area contributed by atoms with Crippen LogP contribution in [0.2, 0.25) is 0 Å². The highest BCUT2D eigenvalue weighted by Gasteiger charge is 2.34. The standard InChI is InChI=1S/C55H77O6P/c1-30(2)38-24-32(5)34(7)44-45-35(8)33(6)25-39(31(3)4)49(45)61-62(60-48(38)44)59-47-41(27-37(52(12,13)14)29-43(47)54(18,19)20)40-26-36(51(9,10)11)28-42(53(15,16)17)46(40)57-50(56)58-55(21,22)23/h24-31H,1-23H3. The number of carbonyl (C=O) groups is 1. The lowest BCUT2D eigenvalue weighted by Gasteiger charge is -2.32. The molecule has 0 aliphatic carbocycles. The predicted octanol–water partition coefficient (Wildman–Crippen LogP) is 17.8. The summed E-state index contributed by atoms with van der Waals surface area (Å²) in [6.45, 7) is 49.6. The monoisotopic (exact) mass is 865 g/mol. The van der Waals surface area contributed by atoms with Crippen LogP contribution in [0.3, 0.4) is 0 Å². The van der Waals surface area contributed by atoms with E-state index >= 15 is 0 Å². The van der Waals surface area contributed by atoms with Gasteiger partial charge in [0.2, 0.25) is 0 Å². The van der Waals surface area contributed by atoms with Crippen molar-refractivity contribution < 1.29 is 27.2 Å². The molecule has 1 heterocycles. The number of rotatable bonds is 6. The van der Waals surface area contributed by atoms with Gasteiger partial charge in [0.15, 0.2) is 0 Å². The molecule has 0 saturated carbocycles. The molecule has 0 fully saturated rings. The molecule has 0 radical (unpaired) electrons. The zero-order chi connectivity index (χ0) is 47.0. The minimum Gasteiger partial charge on any atom is -0.428 e. The Bertz CT molecular complexity index is 2480. The smallest absolute Gasteiger partial charge is 0.428 e. The van der Waals surface area contributed by atoms with Crippen molar-refractivity contribution in [3.05, 3.63) is 92.0 Å². The van der Waals surface area contributed by atoms with Gasteiger partial charge in [-0.25, -0.2) is 4.79 Å². The quantitative estimate of drug-likeness (QED) is 0.125. The molecule has 0 spiro atoms. The molecular formula is C55H77O6P. The van der Waals surface area contributed by atoms with Crippen molar-refractivity contribution in [3.63, 3.8) is 0 Å². The highest BCUT2D eigenvalue weighted by molar-refractivity contribution is 7.32. The third-order valence-electron chi connectivity index (χ3n) is 12.0. The second kappa shape index (κ2) is 16.8. The largest absolute Gasteiger partial charge is 0.514 e. The van der Waals surface area contributed by atoms with Crippen LogP contribution in [0.4, 0.5) is 4.79 Å². The fourth-order valence-corrected chi connectivity index (χ4v) is 9.12. The van der Waals surface area contributed by atoms with Gasteiger partial charge in [0.05, 0.1) is 0 Å². The maximum absolute atomic E-state index is 13.9. The van der Waals surface area contributed by atoms with Crippen molar-refractivity contribution in [2.24, 2.45) is 0 Å². The molecule has 4 aromatic carbocycles. The van der Waals surface area contributed by atoms with Gasteiger partial charge in [0.1, 0.15) is 28.3 Å². The summed E-state index contributed by atoms with van der Waals surface area (Å²) in [5.74, 6) is 1.42. The Kier molecular flexibility index (Phi) is 13.2. The van der Waals surface area contributed by atoms with E-state index in [9.17, 15) is 4.79 Å². The number of ether oxygens (including phenoxy) is 2. The van der Waals surface area contributed by atoms with Crippen LogP contribution in [0.5, 0.6) is 11.5 Å². The van der Waals surface area contributed by atoms with Crippen LogP contribution in [0.25, 0.3) is 33.1 Å². The van der Waals surface area contributed by atoms with Gasteiger partial charge in [-0.05, 0) is 139 Å². The summed E-state index contributed by atoms with van der Waals surface area (Å²) in [6.07, 6.45) is -0.759. The number of benzene rings is 4. The first-order valence-corrected chi connectivity index (χ1v) is 23.6. The Balaban J connectivity index is 2.09. The third-order valence-corrected chi connectivity index (χ3v) is 13.0. The van der Waals surface area contributed by atoms with Crippen LogP contribution in [-0.4, -0.2) is 11.8 Å². The number of aryl methyl sites for hydroxylation is 4. The van der Waals surface area contributed by atoms with E-state index in [-0.39, 0.29) is 22.7 Å². The Morgan fingerprint density at radius 1 is 0.532 bits per heavy atom. The molecule has 0 N–H and O–H groups in total. The van der Waals surface area contributed by atoms with E-state index in [2.05, 4.69) is 175 Å². The number of fused-ring (bicyclic) bond motifs is 3. The first kappa shape index (κ1) is 48.9. The minimum atomic E-state index is -2.12. The number of hydrogen-bond acceptors (Lipinski definition) is 6. The van der Waals surface area contributed by atoms with E-state index in [4.69, 9.17) is 22.4 Å². The van der Waals surface area contributed by atoms with E-state index < -0.39 is 30.8 Å². The molecule has 5 rings (SSSR count). The molecular weight excluding hydrogens is 788 g/mol. The number of hydrogen-bond donors (Lipinski definition) is 0. The molecule has 7 heteroatoms. The van der Waals surface area contributed by atoms with E-state index in [0.29, 0.717) is 11.5 Å². The van der Waals surface area contributed by atoms with E-state index in [0.717, 1.165) is 77.6 Å². The summed E-state index contributed by atoms with van der Waals surface area (Å²) in [5, 5.41) is 2.14. The van der Waals surface area contributed by atoms with E-state index in [1.807, 2.05) is 20.8 Å². The lowest BCUT2D eigenvalue weighted by molar-refractivity contribution is 0.0204. The van der Waals surface area contributed by atoms with Crippen molar-refractivity contribution in [1.82, 2.24) is 0 Å². The summed E-state index contributed by atoms with van der Waals surface area (Å²) in [7, 11) is -2.12. The Morgan fingerprint density at radius 2 is 0.903 bits per heavy atom. The van der Waals surface area contributed by atoms with E-state index in [1.165, 1.54) is 11.1 Å². The number of carbonyl (C=O) groups excluding carboxylic acids is 1. The second-order valence-corrected chi connectivity index (χ2v) is 24.4. The molecule has 0 bridgehead atoms. The maximum atomic E-state index is 13.9. The van der Waals surface area contributed by atoms with Gasteiger partial charge in [-0.3, -0.25) is 0 Å². The molecule has 1 aromatic heterocycles. The predicted molar refractivity (Wildman–Crippen MR) is 263 cm³/mol. The third kappa shape index (κ3) is 10.1. The lowest BCUT2D eigenvalue weighted by atomic mass is 9.75. The molecule has 0 unspecified atom stereocenters. The van der Waals surface area contributed by atoms with Gasteiger partial charge in [-0.1, -0.05) is 135 Å².